The van der Waals surface area contributed by atoms with Crippen molar-refractivity contribution in [1.29, 1.82) is 0 Å². The molecule has 6 nitrogen and oxygen atoms in total. The van der Waals surface area contributed by atoms with Crippen LogP contribution in [0.2, 0.25) is 5.15 Å². The van der Waals surface area contributed by atoms with Crippen LogP contribution in [0.15, 0.2) is 24.3 Å². The van der Waals surface area contributed by atoms with E-state index in [2.05, 4.69) is 16.8 Å². The van der Waals surface area contributed by atoms with Gasteiger partial charge in [0.25, 0.3) is 0 Å². The zero-order valence-electron chi connectivity index (χ0n) is 18.2. The van der Waals surface area contributed by atoms with Gasteiger partial charge in [0, 0.05) is 31.8 Å². The summed E-state index contributed by atoms with van der Waals surface area (Å²) in [5.41, 5.74) is 2.19. The molecule has 0 aliphatic carbocycles. The number of hydrogen-bond donors (Lipinski definition) is 0. The van der Waals surface area contributed by atoms with Gasteiger partial charge in [-0.1, -0.05) is 31.0 Å². The average Bonchev–Trinajstić information content (AvgIpc) is 2.99. The molecule has 1 heterocycles. The molecule has 31 heavy (non-hydrogen) atoms. The standard InChI is InChI=1S/C22H28ClF2N3O3/c1-5-7-12-28-21(23)17(15(3)26-28)9-11-20(29)27(4)14-16-8-10-18(31-22(24)25)19(13-16)30-6-2/h8-11,13,22H,5-7,12,14H2,1-4H3/b11-9+. The molecule has 1 aromatic heterocycles. The van der Waals surface area contributed by atoms with E-state index >= 15 is 0 Å². The van der Waals surface area contributed by atoms with Gasteiger partial charge in [-0.05, 0) is 44.0 Å². The third kappa shape index (κ3) is 6.95. The third-order valence-corrected chi connectivity index (χ3v) is 4.94. The number of aromatic nitrogens is 2. The molecule has 0 atom stereocenters. The normalized spacial score (nSPS) is 11.4. The van der Waals surface area contributed by atoms with Crippen LogP contribution in [0, 0.1) is 6.92 Å². The Kier molecular flexibility index (Phi) is 9.30. The van der Waals surface area contributed by atoms with Crippen molar-refractivity contribution in [3.63, 3.8) is 0 Å². The summed E-state index contributed by atoms with van der Waals surface area (Å²) in [5.74, 6) is -0.0686. The number of rotatable bonds is 11. The third-order valence-electron chi connectivity index (χ3n) is 4.55. The highest BCUT2D eigenvalue weighted by atomic mass is 35.5. The molecule has 0 saturated heterocycles. The fourth-order valence-corrected chi connectivity index (χ4v) is 3.28. The van der Waals surface area contributed by atoms with E-state index in [0.717, 1.165) is 30.6 Å². The Morgan fingerprint density at radius 3 is 2.71 bits per heavy atom. The molecule has 170 valence electrons. The second-order valence-corrected chi connectivity index (χ2v) is 7.34. The van der Waals surface area contributed by atoms with Crippen LogP contribution in [0.4, 0.5) is 8.78 Å². The molecule has 2 rings (SSSR count). The van der Waals surface area contributed by atoms with Gasteiger partial charge >= 0.3 is 6.61 Å². The van der Waals surface area contributed by atoms with Crippen LogP contribution in [0.5, 0.6) is 11.5 Å². The summed E-state index contributed by atoms with van der Waals surface area (Å²) in [4.78, 5) is 14.1. The molecule has 1 aromatic carbocycles. The number of nitrogens with zero attached hydrogens (tertiary/aromatic N) is 3. The molecule has 1 amide bonds. The molecule has 0 N–H and O–H groups in total. The van der Waals surface area contributed by atoms with Gasteiger partial charge in [0.2, 0.25) is 5.91 Å². The van der Waals surface area contributed by atoms with E-state index < -0.39 is 6.61 Å². The number of aryl methyl sites for hydroxylation is 2. The fraction of sp³-hybridized carbons (Fsp3) is 0.455. The number of carbonyl (C=O) groups is 1. The molecule has 9 heteroatoms. The SMILES string of the molecule is CCCCn1nc(C)c(/C=C/C(=O)N(C)Cc2ccc(OC(F)F)c(OCC)c2)c1Cl. The van der Waals surface area contributed by atoms with Gasteiger partial charge in [-0.15, -0.1) is 0 Å². The van der Waals surface area contributed by atoms with E-state index in [1.165, 1.54) is 17.0 Å². The summed E-state index contributed by atoms with van der Waals surface area (Å²) in [5, 5.41) is 4.93. The van der Waals surface area contributed by atoms with Crippen molar-refractivity contribution in [2.24, 2.45) is 0 Å². The second-order valence-electron chi connectivity index (χ2n) is 6.99. The summed E-state index contributed by atoms with van der Waals surface area (Å²) in [6.07, 6.45) is 5.11. The summed E-state index contributed by atoms with van der Waals surface area (Å²) in [7, 11) is 1.65. The first-order valence-electron chi connectivity index (χ1n) is 10.1. The highest BCUT2D eigenvalue weighted by Crippen LogP contribution is 2.30. The van der Waals surface area contributed by atoms with Gasteiger partial charge in [0.05, 0.1) is 12.3 Å². The minimum atomic E-state index is -2.94. The van der Waals surface area contributed by atoms with E-state index in [9.17, 15) is 13.6 Å². The van der Waals surface area contributed by atoms with Crippen molar-refractivity contribution >= 4 is 23.6 Å². The number of amides is 1. The Hall–Kier alpha value is -2.61. The van der Waals surface area contributed by atoms with Gasteiger partial charge in [0.15, 0.2) is 11.5 Å². The molecule has 0 bridgehead atoms. The van der Waals surface area contributed by atoms with E-state index in [1.807, 2.05) is 6.92 Å². The Balaban J connectivity index is 2.09. The number of benzene rings is 1. The highest BCUT2D eigenvalue weighted by Gasteiger charge is 2.15. The van der Waals surface area contributed by atoms with Crippen LogP contribution in [-0.4, -0.2) is 40.9 Å². The lowest BCUT2D eigenvalue weighted by atomic mass is 10.2. The highest BCUT2D eigenvalue weighted by molar-refractivity contribution is 6.31. The predicted octanol–water partition coefficient (Wildman–Crippen LogP) is 5.32. The summed E-state index contributed by atoms with van der Waals surface area (Å²) in [6, 6.07) is 4.62. The van der Waals surface area contributed by atoms with Crippen LogP contribution in [0.25, 0.3) is 6.08 Å². The zero-order valence-corrected chi connectivity index (χ0v) is 19.0. The van der Waals surface area contributed by atoms with Crippen LogP contribution in [0.3, 0.4) is 0 Å². The zero-order chi connectivity index (χ0) is 23.0. The molecule has 0 unspecified atom stereocenters. The maximum atomic E-state index is 12.6. The maximum Gasteiger partial charge on any atom is 0.387 e. The van der Waals surface area contributed by atoms with Crippen LogP contribution < -0.4 is 9.47 Å². The van der Waals surface area contributed by atoms with Gasteiger partial charge in [-0.25, -0.2) is 0 Å². The van der Waals surface area contributed by atoms with Crippen molar-refractivity contribution in [2.45, 2.75) is 53.3 Å². The summed E-state index contributed by atoms with van der Waals surface area (Å²) >= 11 is 6.40. The van der Waals surface area contributed by atoms with E-state index in [1.54, 1.807) is 36.9 Å². The van der Waals surface area contributed by atoms with Crippen molar-refractivity contribution in [2.75, 3.05) is 13.7 Å². The number of ether oxygens (including phenoxy) is 2. The molecule has 0 saturated carbocycles. The van der Waals surface area contributed by atoms with E-state index in [4.69, 9.17) is 16.3 Å². The quantitative estimate of drug-likeness (QED) is 0.430. The molecule has 0 spiro atoms. The molecule has 2 aromatic rings. The lowest BCUT2D eigenvalue weighted by molar-refractivity contribution is -0.125. The van der Waals surface area contributed by atoms with Gasteiger partial charge in [0.1, 0.15) is 5.15 Å². The van der Waals surface area contributed by atoms with E-state index in [-0.39, 0.29) is 24.0 Å². The average molecular weight is 456 g/mol. The van der Waals surface area contributed by atoms with Crippen LogP contribution in [-0.2, 0) is 17.9 Å². The minimum Gasteiger partial charge on any atom is -0.490 e. The van der Waals surface area contributed by atoms with Crippen LogP contribution in [0.1, 0.15) is 43.5 Å². The number of carbonyl (C=O) groups excluding carboxylic acids is 1. The van der Waals surface area contributed by atoms with Crippen molar-refractivity contribution in [1.82, 2.24) is 14.7 Å². The topological polar surface area (TPSA) is 56.6 Å². The van der Waals surface area contributed by atoms with Crippen molar-refractivity contribution in [3.8, 4) is 11.5 Å². The second kappa shape index (κ2) is 11.7. The number of unbranched alkanes of at least 4 members (excludes halogenated alkanes) is 1. The maximum absolute atomic E-state index is 12.6. The number of hydrogen-bond acceptors (Lipinski definition) is 4. The first kappa shape index (κ1) is 24.7. The first-order chi connectivity index (χ1) is 14.8. The Labute approximate surface area is 186 Å². The molecule has 0 radical (unpaired) electrons. The number of alkyl halides is 2. The molecular weight excluding hydrogens is 428 g/mol. The largest absolute Gasteiger partial charge is 0.490 e. The fourth-order valence-electron chi connectivity index (χ4n) is 2.96. The first-order valence-corrected chi connectivity index (χ1v) is 10.5. The molecule has 0 aliphatic rings. The Bertz CT molecular complexity index is 916. The number of halogens is 3. The monoisotopic (exact) mass is 455 g/mol. The van der Waals surface area contributed by atoms with Crippen LogP contribution >= 0.6 is 11.6 Å². The Morgan fingerprint density at radius 2 is 2.06 bits per heavy atom. The molecule has 0 fully saturated rings. The lowest BCUT2D eigenvalue weighted by Crippen LogP contribution is -2.24. The summed E-state index contributed by atoms with van der Waals surface area (Å²) in [6.45, 7) is 4.03. The van der Waals surface area contributed by atoms with Crippen molar-refractivity contribution in [3.05, 3.63) is 46.2 Å². The minimum absolute atomic E-state index is 0.0420. The molecular formula is C22H28ClF2N3O3. The number of likely N-dealkylation sites (N-methyl/N-ethyl adjacent to an activating group) is 1. The molecule has 0 aliphatic heterocycles. The lowest BCUT2D eigenvalue weighted by Gasteiger charge is -2.17. The van der Waals surface area contributed by atoms with Gasteiger partial charge < -0.3 is 14.4 Å². The summed E-state index contributed by atoms with van der Waals surface area (Å²) < 4.78 is 36.7. The van der Waals surface area contributed by atoms with Crippen molar-refractivity contribution < 1.29 is 23.0 Å². The van der Waals surface area contributed by atoms with Gasteiger partial charge in [-0.2, -0.15) is 13.9 Å². The smallest absolute Gasteiger partial charge is 0.387 e. The predicted molar refractivity (Wildman–Crippen MR) is 117 cm³/mol. The van der Waals surface area contributed by atoms with E-state index in [0.29, 0.717) is 17.3 Å². The Morgan fingerprint density at radius 1 is 1.32 bits per heavy atom. The van der Waals surface area contributed by atoms with Gasteiger partial charge in [-0.3, -0.25) is 9.48 Å².